The van der Waals surface area contributed by atoms with Gasteiger partial charge in [-0.15, -0.1) is 0 Å². The van der Waals surface area contributed by atoms with Crippen LogP contribution in [0.3, 0.4) is 0 Å². The molecule has 0 amide bonds. The van der Waals surface area contributed by atoms with Crippen molar-refractivity contribution in [3.63, 3.8) is 0 Å². The first-order valence-corrected chi connectivity index (χ1v) is 7.39. The quantitative estimate of drug-likeness (QED) is 0.752. The standard InChI is InChI=1S/C16H17ClN2OS/c1-11-13(17)8-5-9-14(11)19-16(21)18-10-15(20)12-6-3-2-4-7-12/h2-9,15,20H,10H2,1H3,(H2,18,19,21)/t15-/m0/s1. The third kappa shape index (κ3) is 4.43. The molecule has 0 unspecified atom stereocenters. The highest BCUT2D eigenvalue weighted by Gasteiger charge is 2.08. The van der Waals surface area contributed by atoms with Crippen molar-refractivity contribution in [2.45, 2.75) is 13.0 Å². The van der Waals surface area contributed by atoms with Gasteiger partial charge in [-0.05, 0) is 42.4 Å². The van der Waals surface area contributed by atoms with E-state index < -0.39 is 6.10 Å². The van der Waals surface area contributed by atoms with Crippen molar-refractivity contribution in [2.24, 2.45) is 0 Å². The minimum absolute atomic E-state index is 0.343. The Kier molecular flexibility index (Phi) is 5.56. The predicted octanol–water partition coefficient (Wildman–Crippen LogP) is 3.67. The molecular weight excluding hydrogens is 304 g/mol. The number of aliphatic hydroxyl groups is 1. The molecule has 110 valence electrons. The van der Waals surface area contributed by atoms with Gasteiger partial charge in [-0.1, -0.05) is 48.0 Å². The van der Waals surface area contributed by atoms with Crippen LogP contribution in [0.2, 0.25) is 5.02 Å². The molecule has 2 aromatic rings. The first-order valence-electron chi connectivity index (χ1n) is 6.61. The maximum Gasteiger partial charge on any atom is 0.170 e. The summed E-state index contributed by atoms with van der Waals surface area (Å²) < 4.78 is 0. The second kappa shape index (κ2) is 7.41. The zero-order valence-corrected chi connectivity index (χ0v) is 13.2. The van der Waals surface area contributed by atoms with Crippen molar-refractivity contribution in [3.05, 3.63) is 64.7 Å². The number of rotatable bonds is 4. The van der Waals surface area contributed by atoms with Gasteiger partial charge in [-0.2, -0.15) is 0 Å². The van der Waals surface area contributed by atoms with Crippen molar-refractivity contribution in [1.82, 2.24) is 5.32 Å². The van der Waals surface area contributed by atoms with Crippen molar-refractivity contribution < 1.29 is 5.11 Å². The number of nitrogens with one attached hydrogen (secondary N) is 2. The van der Waals surface area contributed by atoms with Gasteiger partial charge in [-0.25, -0.2) is 0 Å². The van der Waals surface area contributed by atoms with Crippen molar-refractivity contribution >= 4 is 34.6 Å². The van der Waals surface area contributed by atoms with E-state index >= 15 is 0 Å². The summed E-state index contributed by atoms with van der Waals surface area (Å²) in [5.41, 5.74) is 2.65. The normalized spacial score (nSPS) is 11.8. The first-order chi connectivity index (χ1) is 10.1. The van der Waals surface area contributed by atoms with Gasteiger partial charge in [-0.3, -0.25) is 0 Å². The molecule has 1 atom stereocenters. The van der Waals surface area contributed by atoms with Crippen molar-refractivity contribution in [1.29, 1.82) is 0 Å². The molecule has 0 heterocycles. The van der Waals surface area contributed by atoms with Crippen molar-refractivity contribution in [3.8, 4) is 0 Å². The Morgan fingerprint density at radius 3 is 2.62 bits per heavy atom. The van der Waals surface area contributed by atoms with Gasteiger partial charge in [0.1, 0.15) is 0 Å². The Labute approximate surface area is 135 Å². The average molecular weight is 321 g/mol. The lowest BCUT2D eigenvalue weighted by atomic mass is 10.1. The molecule has 0 fully saturated rings. The number of thiocarbonyl (C=S) groups is 1. The zero-order chi connectivity index (χ0) is 15.2. The molecular formula is C16H17ClN2OS. The summed E-state index contributed by atoms with van der Waals surface area (Å²) in [6.07, 6.45) is -0.605. The second-order valence-electron chi connectivity index (χ2n) is 4.67. The van der Waals surface area contributed by atoms with E-state index in [1.54, 1.807) is 0 Å². The fourth-order valence-corrected chi connectivity index (χ4v) is 2.26. The van der Waals surface area contributed by atoms with E-state index in [0.29, 0.717) is 16.7 Å². The third-order valence-corrected chi connectivity index (χ3v) is 3.81. The van der Waals surface area contributed by atoms with E-state index in [4.69, 9.17) is 23.8 Å². The largest absolute Gasteiger partial charge is 0.387 e. The third-order valence-electron chi connectivity index (χ3n) is 3.16. The number of halogens is 1. The average Bonchev–Trinajstić information content (AvgIpc) is 2.50. The van der Waals surface area contributed by atoms with Crippen LogP contribution >= 0.6 is 23.8 Å². The van der Waals surface area contributed by atoms with E-state index in [1.165, 1.54) is 0 Å². The summed E-state index contributed by atoms with van der Waals surface area (Å²) in [5, 5.41) is 17.3. The van der Waals surface area contributed by atoms with Gasteiger partial charge in [0.2, 0.25) is 0 Å². The Balaban J connectivity index is 1.89. The highest BCUT2D eigenvalue weighted by Crippen LogP contribution is 2.22. The first kappa shape index (κ1) is 15.8. The lowest BCUT2D eigenvalue weighted by molar-refractivity contribution is 0.181. The minimum atomic E-state index is -0.605. The van der Waals surface area contributed by atoms with Crippen LogP contribution in [0, 0.1) is 6.92 Å². The Morgan fingerprint density at radius 1 is 1.19 bits per heavy atom. The molecule has 0 aliphatic rings. The smallest absolute Gasteiger partial charge is 0.170 e. The molecule has 3 nitrogen and oxygen atoms in total. The van der Waals surface area contributed by atoms with Crippen LogP contribution in [-0.2, 0) is 0 Å². The van der Waals surface area contributed by atoms with Crippen LogP contribution in [0.15, 0.2) is 48.5 Å². The molecule has 0 spiro atoms. The van der Waals surface area contributed by atoms with E-state index in [2.05, 4.69) is 10.6 Å². The molecule has 0 aliphatic heterocycles. The summed E-state index contributed by atoms with van der Waals surface area (Å²) in [6.45, 7) is 2.27. The lowest BCUT2D eigenvalue weighted by Gasteiger charge is -2.16. The van der Waals surface area contributed by atoms with Crippen LogP contribution in [0.1, 0.15) is 17.2 Å². The molecule has 0 bridgehead atoms. The fraction of sp³-hybridized carbons (Fsp3) is 0.188. The number of hydrogen-bond donors (Lipinski definition) is 3. The molecule has 0 saturated carbocycles. The van der Waals surface area contributed by atoms with Gasteiger partial charge >= 0.3 is 0 Å². The topological polar surface area (TPSA) is 44.3 Å². The lowest BCUT2D eigenvalue weighted by Crippen LogP contribution is -2.32. The molecule has 21 heavy (non-hydrogen) atoms. The highest BCUT2D eigenvalue weighted by molar-refractivity contribution is 7.80. The molecule has 2 aromatic carbocycles. The molecule has 0 aromatic heterocycles. The SMILES string of the molecule is Cc1c(Cl)cccc1NC(=S)NC[C@H](O)c1ccccc1. The Bertz CT molecular complexity index is 619. The fourth-order valence-electron chi connectivity index (χ4n) is 1.89. The van der Waals surface area contributed by atoms with Crippen LogP contribution in [0.4, 0.5) is 5.69 Å². The second-order valence-corrected chi connectivity index (χ2v) is 5.49. The van der Waals surface area contributed by atoms with E-state index in [0.717, 1.165) is 16.8 Å². The van der Waals surface area contributed by atoms with Crippen LogP contribution in [-0.4, -0.2) is 16.8 Å². The van der Waals surface area contributed by atoms with Gasteiger partial charge in [0.05, 0.1) is 6.10 Å². The number of benzene rings is 2. The van der Waals surface area contributed by atoms with E-state index in [9.17, 15) is 5.11 Å². The number of aliphatic hydroxyl groups excluding tert-OH is 1. The summed E-state index contributed by atoms with van der Waals surface area (Å²) in [7, 11) is 0. The molecule has 0 saturated heterocycles. The summed E-state index contributed by atoms with van der Waals surface area (Å²) in [6, 6.07) is 15.1. The monoisotopic (exact) mass is 320 g/mol. The van der Waals surface area contributed by atoms with Crippen LogP contribution in [0.25, 0.3) is 0 Å². The molecule has 0 radical (unpaired) electrons. The molecule has 5 heteroatoms. The maximum atomic E-state index is 10.1. The highest BCUT2D eigenvalue weighted by atomic mass is 35.5. The van der Waals surface area contributed by atoms with Gasteiger partial charge in [0.25, 0.3) is 0 Å². The van der Waals surface area contributed by atoms with Gasteiger partial charge < -0.3 is 15.7 Å². The van der Waals surface area contributed by atoms with E-state index in [-0.39, 0.29) is 0 Å². The van der Waals surface area contributed by atoms with Gasteiger partial charge in [0.15, 0.2) is 5.11 Å². The molecule has 2 rings (SSSR count). The summed E-state index contributed by atoms with van der Waals surface area (Å²) >= 11 is 11.3. The zero-order valence-electron chi connectivity index (χ0n) is 11.6. The number of anilines is 1. The summed E-state index contributed by atoms with van der Waals surface area (Å²) in [5.74, 6) is 0. The summed E-state index contributed by atoms with van der Waals surface area (Å²) in [4.78, 5) is 0. The molecule has 3 N–H and O–H groups in total. The Morgan fingerprint density at radius 2 is 1.90 bits per heavy atom. The Hall–Kier alpha value is -1.62. The molecule has 0 aliphatic carbocycles. The maximum absolute atomic E-state index is 10.1. The van der Waals surface area contributed by atoms with Crippen LogP contribution in [0.5, 0.6) is 0 Å². The number of hydrogen-bond acceptors (Lipinski definition) is 2. The van der Waals surface area contributed by atoms with E-state index in [1.807, 2.05) is 55.5 Å². The van der Waals surface area contributed by atoms with Crippen LogP contribution < -0.4 is 10.6 Å². The van der Waals surface area contributed by atoms with Gasteiger partial charge in [0, 0.05) is 17.3 Å². The van der Waals surface area contributed by atoms with Crippen molar-refractivity contribution in [2.75, 3.05) is 11.9 Å². The predicted molar refractivity (Wildman–Crippen MR) is 91.8 cm³/mol. The minimum Gasteiger partial charge on any atom is -0.387 e.